The fourth-order valence-electron chi connectivity index (χ4n) is 3.34. The van der Waals surface area contributed by atoms with Gasteiger partial charge in [-0.2, -0.15) is 18.3 Å². The molecule has 0 fully saturated rings. The van der Waals surface area contributed by atoms with Gasteiger partial charge in [-0.1, -0.05) is 11.6 Å². The maximum atomic E-state index is 13.3. The van der Waals surface area contributed by atoms with E-state index in [0.29, 0.717) is 5.69 Å². The number of aromatic nitrogens is 5. The number of nitrogens with one attached hydrogen (secondary N) is 4. The van der Waals surface area contributed by atoms with E-state index in [1.807, 2.05) is 5.10 Å². The number of H-pyrrole nitrogens is 1. The van der Waals surface area contributed by atoms with Gasteiger partial charge >= 0.3 is 18.7 Å². The molecule has 0 aliphatic rings. The van der Waals surface area contributed by atoms with Crippen LogP contribution in [0.3, 0.4) is 0 Å². The van der Waals surface area contributed by atoms with Gasteiger partial charge in [0.05, 0.1) is 34.2 Å². The van der Waals surface area contributed by atoms with Crippen LogP contribution in [0.5, 0.6) is 0 Å². The number of carbonyl (C=O) groups excluding carboxylic acids is 3. The Labute approximate surface area is 210 Å². The lowest BCUT2D eigenvalue weighted by molar-refractivity contribution is -0.140. The minimum Gasteiger partial charge on any atom is -0.379 e. The fraction of sp³-hybridized carbons (Fsp3) is 0.143. The summed E-state index contributed by atoms with van der Waals surface area (Å²) in [6, 6.07) is 4.46. The van der Waals surface area contributed by atoms with Gasteiger partial charge < -0.3 is 20.7 Å². The first kappa shape index (κ1) is 25.4. The second-order valence-electron chi connectivity index (χ2n) is 7.27. The maximum absolute atomic E-state index is 13.3. The number of amides is 2. The van der Waals surface area contributed by atoms with E-state index in [-0.39, 0.29) is 52.9 Å². The lowest BCUT2D eigenvalue weighted by Crippen LogP contribution is -2.34. The summed E-state index contributed by atoms with van der Waals surface area (Å²) in [4.78, 5) is 41.9. The van der Waals surface area contributed by atoms with Crippen LogP contribution < -0.4 is 16.0 Å². The first-order valence-electron chi connectivity index (χ1n) is 10.3. The van der Waals surface area contributed by atoms with Crippen LogP contribution in [-0.4, -0.2) is 56.1 Å². The fourth-order valence-corrected chi connectivity index (χ4v) is 3.60. The van der Waals surface area contributed by atoms with Gasteiger partial charge in [-0.05, 0) is 18.2 Å². The molecule has 4 aromatic rings. The number of halogens is 4. The highest BCUT2D eigenvalue weighted by molar-refractivity contribution is 6.34. The van der Waals surface area contributed by atoms with Crippen molar-refractivity contribution in [3.05, 3.63) is 59.3 Å². The largest absolute Gasteiger partial charge is 0.433 e. The molecule has 3 aromatic heterocycles. The third kappa shape index (κ3) is 5.61. The molecule has 2 amide bonds. The number of hydrogen-bond acceptors (Lipinski definition) is 8. The Morgan fingerprint density at radius 3 is 2.68 bits per heavy atom. The molecule has 4 N–H and O–H groups in total. The Morgan fingerprint density at radius 2 is 1.95 bits per heavy atom. The summed E-state index contributed by atoms with van der Waals surface area (Å²) in [5.41, 5.74) is -0.198. The van der Waals surface area contributed by atoms with Crippen LogP contribution in [0.1, 0.15) is 16.1 Å². The Hall–Kier alpha value is -4.66. The number of imidazole rings is 1. The summed E-state index contributed by atoms with van der Waals surface area (Å²) >= 11 is 6.26. The molecule has 192 valence electrons. The molecule has 0 atom stereocenters. The molecule has 0 saturated carbocycles. The number of nitrogens with zero attached hydrogens (tertiary/aromatic N) is 4. The smallest absolute Gasteiger partial charge is 0.379 e. The van der Waals surface area contributed by atoms with Gasteiger partial charge in [0.15, 0.2) is 11.5 Å². The van der Waals surface area contributed by atoms with Crippen molar-refractivity contribution in [3.8, 4) is 11.3 Å². The lowest BCUT2D eigenvalue weighted by atomic mass is 10.2. The van der Waals surface area contributed by atoms with Crippen LogP contribution >= 0.6 is 11.6 Å². The molecule has 4 rings (SSSR count). The third-order valence-electron chi connectivity index (χ3n) is 4.94. The van der Waals surface area contributed by atoms with Gasteiger partial charge in [0, 0.05) is 31.2 Å². The van der Waals surface area contributed by atoms with Crippen LogP contribution in [0.25, 0.3) is 16.9 Å². The molecular formula is C21H16ClF3N8O4. The quantitative estimate of drug-likeness (QED) is 0.152. The highest BCUT2D eigenvalue weighted by Gasteiger charge is 2.36. The molecular weight excluding hydrogens is 521 g/mol. The van der Waals surface area contributed by atoms with Crippen LogP contribution in [-0.2, 0) is 15.7 Å². The Balaban J connectivity index is 1.49. The van der Waals surface area contributed by atoms with Gasteiger partial charge in [0.1, 0.15) is 5.69 Å². The summed E-state index contributed by atoms with van der Waals surface area (Å²) in [6.07, 6.45) is -0.392. The number of rotatable bonds is 8. The molecule has 12 nitrogen and oxygen atoms in total. The van der Waals surface area contributed by atoms with E-state index >= 15 is 0 Å². The summed E-state index contributed by atoms with van der Waals surface area (Å²) in [7, 11) is 0. The molecule has 0 radical (unpaired) electrons. The predicted octanol–water partition coefficient (Wildman–Crippen LogP) is 3.15. The number of alkyl carbamates (subject to hydrolysis) is 1. The Kier molecular flexibility index (Phi) is 7.24. The number of fused-ring (bicyclic) bond motifs is 1. The van der Waals surface area contributed by atoms with E-state index in [1.54, 1.807) is 6.07 Å². The number of carbonyl (C=O) groups is 3. The molecule has 0 aliphatic carbocycles. The van der Waals surface area contributed by atoms with E-state index in [9.17, 15) is 27.6 Å². The zero-order valence-electron chi connectivity index (χ0n) is 18.5. The van der Waals surface area contributed by atoms with Crippen molar-refractivity contribution in [1.29, 1.82) is 0 Å². The molecule has 0 bridgehead atoms. The second-order valence-corrected chi connectivity index (χ2v) is 7.68. The molecule has 0 aliphatic heterocycles. The van der Waals surface area contributed by atoms with E-state index in [0.717, 1.165) is 6.20 Å². The van der Waals surface area contributed by atoms with Crippen LogP contribution in [0.15, 0.2) is 43.0 Å². The van der Waals surface area contributed by atoms with E-state index in [2.05, 4.69) is 35.8 Å². The molecule has 3 heterocycles. The van der Waals surface area contributed by atoms with Gasteiger partial charge in [-0.15, -0.1) is 0 Å². The zero-order chi connectivity index (χ0) is 26.6. The van der Waals surface area contributed by atoms with Crippen LogP contribution in [0, 0.1) is 0 Å². The van der Waals surface area contributed by atoms with E-state index in [1.165, 1.54) is 35.1 Å². The van der Waals surface area contributed by atoms with Gasteiger partial charge in [-0.3, -0.25) is 19.1 Å². The van der Waals surface area contributed by atoms with E-state index in [4.69, 9.17) is 11.6 Å². The highest BCUT2D eigenvalue weighted by Crippen LogP contribution is 2.36. The Morgan fingerprint density at radius 1 is 1.16 bits per heavy atom. The molecule has 1 aromatic carbocycles. The summed E-state index contributed by atoms with van der Waals surface area (Å²) in [5.74, 6) is -0.284. The molecule has 37 heavy (non-hydrogen) atoms. The first-order valence-corrected chi connectivity index (χ1v) is 10.7. The van der Waals surface area contributed by atoms with Crippen molar-refractivity contribution in [2.45, 2.75) is 6.18 Å². The van der Waals surface area contributed by atoms with Crippen LogP contribution in [0.2, 0.25) is 5.02 Å². The van der Waals surface area contributed by atoms with Gasteiger partial charge in [0.25, 0.3) is 5.91 Å². The SMILES string of the molecule is O=COC(=O)NCCNC(=O)c1ccc(Nc2nccn3c(-c4cn[nH]c4C(F)(F)F)cnc23)cc1Cl. The minimum absolute atomic E-state index is 0.0148. The van der Waals surface area contributed by atoms with E-state index < -0.39 is 23.9 Å². The first-order chi connectivity index (χ1) is 17.7. The van der Waals surface area contributed by atoms with Crippen LogP contribution in [0.4, 0.5) is 29.5 Å². The van der Waals surface area contributed by atoms with Gasteiger partial charge in [0.2, 0.25) is 0 Å². The number of alkyl halides is 3. The highest BCUT2D eigenvalue weighted by atomic mass is 35.5. The number of anilines is 2. The molecule has 16 heteroatoms. The maximum Gasteiger partial charge on any atom is 0.433 e. The minimum atomic E-state index is -4.63. The number of ether oxygens (including phenoxy) is 1. The standard InChI is InChI=1S/C21H16ClF3N8O4/c22-14-7-11(1-2-12(14)19(35)27-3-4-28-20(36)37-10-34)31-17-18-29-9-15(33(18)6-5-26-17)13-8-30-32-16(13)21(23,24)25/h1-2,5-10H,3-4H2,(H,26,31)(H,27,35)(H,28,36)(H,30,32). The monoisotopic (exact) mass is 536 g/mol. The molecule has 0 spiro atoms. The Bertz CT molecular complexity index is 1470. The summed E-state index contributed by atoms with van der Waals surface area (Å²) in [6.45, 7) is 0.0405. The zero-order valence-corrected chi connectivity index (χ0v) is 19.2. The average Bonchev–Trinajstić information content (AvgIpc) is 3.49. The molecule has 0 saturated heterocycles. The van der Waals surface area contributed by atoms with Gasteiger partial charge in [-0.25, -0.2) is 14.8 Å². The van der Waals surface area contributed by atoms with Crippen molar-refractivity contribution in [1.82, 2.24) is 35.2 Å². The topological polar surface area (TPSA) is 155 Å². The number of hydrogen-bond donors (Lipinski definition) is 4. The van der Waals surface area contributed by atoms with Crippen molar-refractivity contribution >= 4 is 47.2 Å². The van der Waals surface area contributed by atoms with Crippen molar-refractivity contribution < 1.29 is 32.3 Å². The normalized spacial score (nSPS) is 11.2. The average molecular weight is 537 g/mol. The predicted molar refractivity (Wildman–Crippen MR) is 123 cm³/mol. The second kappa shape index (κ2) is 10.5. The third-order valence-corrected chi connectivity index (χ3v) is 5.25. The summed E-state index contributed by atoms with van der Waals surface area (Å²) < 4.78 is 45.4. The number of benzene rings is 1. The van der Waals surface area contributed by atoms with Crippen molar-refractivity contribution in [2.75, 3.05) is 18.4 Å². The summed E-state index contributed by atoms with van der Waals surface area (Å²) in [5, 5.41) is 13.4. The molecule has 0 unspecified atom stereocenters. The lowest BCUT2D eigenvalue weighted by Gasteiger charge is -2.11. The number of aromatic amines is 1. The van der Waals surface area contributed by atoms with Crippen molar-refractivity contribution in [3.63, 3.8) is 0 Å². The van der Waals surface area contributed by atoms with Crippen molar-refractivity contribution in [2.24, 2.45) is 0 Å².